The summed E-state index contributed by atoms with van der Waals surface area (Å²) in [5.41, 5.74) is -0.700. The summed E-state index contributed by atoms with van der Waals surface area (Å²) in [5, 5.41) is 0. The van der Waals surface area contributed by atoms with E-state index >= 15 is 0 Å². The number of alkyl halides is 6. The number of benzene rings is 1. The summed E-state index contributed by atoms with van der Waals surface area (Å²) in [6.07, 6.45) is -9.01. The molecule has 0 bridgehead atoms. The van der Waals surface area contributed by atoms with Crippen LogP contribution in [-0.2, 0) is 9.59 Å². The van der Waals surface area contributed by atoms with Crippen molar-refractivity contribution < 1.29 is 35.9 Å². The average molecular weight is 365 g/mol. The Morgan fingerprint density at radius 3 is 1.68 bits per heavy atom. The third-order valence-electron chi connectivity index (χ3n) is 2.97. The molecule has 0 saturated carbocycles. The summed E-state index contributed by atoms with van der Waals surface area (Å²) in [6, 6.07) is 6.48. The lowest BCUT2D eigenvalue weighted by Gasteiger charge is -2.11. The van der Waals surface area contributed by atoms with Crippen LogP contribution in [0.2, 0.25) is 0 Å². The molecule has 1 aromatic rings. The number of hydrogen-bond donors (Lipinski definition) is 0. The van der Waals surface area contributed by atoms with Crippen LogP contribution in [0.3, 0.4) is 0 Å². The van der Waals surface area contributed by atoms with E-state index in [0.717, 1.165) is 11.8 Å². The number of Topliss-reactive ketones (excluding diaryl/α,β-unsaturated/α-hetero) is 2. The Hall–Kier alpha value is -2.58. The lowest BCUT2D eigenvalue weighted by atomic mass is 10.0. The fraction of sp³-hybridized carbons (Fsp3) is 0.250. The van der Waals surface area contributed by atoms with Gasteiger partial charge in [-0.3, -0.25) is 9.59 Å². The molecule has 9 heteroatoms. The molecule has 0 atom stereocenters. The SMILES string of the molecule is CN(C)c1ccc(/C=C/C=C(C(=O)C(F)(F)F)C(=O)C(F)(F)F)cc1. The molecular weight excluding hydrogens is 352 g/mol. The highest BCUT2D eigenvalue weighted by Crippen LogP contribution is 2.27. The van der Waals surface area contributed by atoms with Crippen molar-refractivity contribution in [1.29, 1.82) is 0 Å². The van der Waals surface area contributed by atoms with Crippen LogP contribution in [0, 0.1) is 0 Å². The highest BCUT2D eigenvalue weighted by atomic mass is 19.4. The fourth-order valence-electron chi connectivity index (χ4n) is 1.70. The highest BCUT2D eigenvalue weighted by Gasteiger charge is 2.49. The Labute approximate surface area is 139 Å². The van der Waals surface area contributed by atoms with Crippen molar-refractivity contribution in [2.75, 3.05) is 19.0 Å². The molecule has 0 N–H and O–H groups in total. The number of carbonyl (C=O) groups is 2. The summed E-state index contributed by atoms with van der Waals surface area (Å²) >= 11 is 0. The van der Waals surface area contributed by atoms with Crippen molar-refractivity contribution in [2.24, 2.45) is 0 Å². The minimum Gasteiger partial charge on any atom is -0.378 e. The summed E-state index contributed by atoms with van der Waals surface area (Å²) in [6.45, 7) is 0. The first-order valence-electron chi connectivity index (χ1n) is 6.73. The predicted octanol–water partition coefficient (Wildman–Crippen LogP) is 3.96. The Morgan fingerprint density at radius 2 is 1.32 bits per heavy atom. The first kappa shape index (κ1) is 20.5. The molecule has 1 aromatic carbocycles. The highest BCUT2D eigenvalue weighted by molar-refractivity contribution is 6.23. The van der Waals surface area contributed by atoms with Crippen LogP contribution >= 0.6 is 0 Å². The Kier molecular flexibility index (Phi) is 6.17. The van der Waals surface area contributed by atoms with Crippen LogP contribution in [-0.4, -0.2) is 38.0 Å². The summed E-state index contributed by atoms with van der Waals surface area (Å²) in [5.74, 6) is -5.69. The van der Waals surface area contributed by atoms with E-state index in [-0.39, 0.29) is 6.08 Å². The smallest absolute Gasteiger partial charge is 0.378 e. The zero-order valence-electron chi connectivity index (χ0n) is 13.1. The van der Waals surface area contributed by atoms with Gasteiger partial charge >= 0.3 is 12.4 Å². The Balaban J connectivity index is 3.14. The van der Waals surface area contributed by atoms with E-state index in [9.17, 15) is 35.9 Å². The van der Waals surface area contributed by atoms with E-state index in [2.05, 4.69) is 0 Å². The van der Waals surface area contributed by atoms with Gasteiger partial charge in [0.05, 0.1) is 5.57 Å². The molecular formula is C16H13F6NO2. The van der Waals surface area contributed by atoms with Crippen LogP contribution < -0.4 is 4.90 Å². The maximum atomic E-state index is 12.4. The summed E-state index contributed by atoms with van der Waals surface area (Å²) < 4.78 is 74.3. The molecule has 0 heterocycles. The average Bonchev–Trinajstić information content (AvgIpc) is 2.49. The van der Waals surface area contributed by atoms with Crippen molar-refractivity contribution in [3.63, 3.8) is 0 Å². The van der Waals surface area contributed by atoms with E-state index < -0.39 is 29.5 Å². The van der Waals surface area contributed by atoms with Gasteiger partial charge in [0.2, 0.25) is 0 Å². The first-order chi connectivity index (χ1) is 11.3. The zero-order valence-corrected chi connectivity index (χ0v) is 13.1. The van der Waals surface area contributed by atoms with E-state index in [0.29, 0.717) is 5.56 Å². The van der Waals surface area contributed by atoms with Gasteiger partial charge in [-0.2, -0.15) is 26.3 Å². The van der Waals surface area contributed by atoms with Gasteiger partial charge < -0.3 is 4.90 Å². The molecule has 3 nitrogen and oxygen atoms in total. The maximum Gasteiger partial charge on any atom is 0.455 e. The second-order valence-electron chi connectivity index (χ2n) is 5.08. The minimum atomic E-state index is -5.59. The van der Waals surface area contributed by atoms with Crippen molar-refractivity contribution >= 4 is 23.3 Å². The van der Waals surface area contributed by atoms with E-state index in [1.165, 1.54) is 6.08 Å². The molecule has 0 aliphatic carbocycles. The van der Waals surface area contributed by atoms with Crippen LogP contribution in [0.25, 0.3) is 6.08 Å². The van der Waals surface area contributed by atoms with Gasteiger partial charge in [0.1, 0.15) is 0 Å². The largest absolute Gasteiger partial charge is 0.455 e. The second kappa shape index (κ2) is 7.54. The normalized spacial score (nSPS) is 12.2. The molecule has 0 unspecified atom stereocenters. The Bertz CT molecular complexity index is 669. The predicted molar refractivity (Wildman–Crippen MR) is 80.0 cm³/mol. The quantitative estimate of drug-likeness (QED) is 0.261. The molecule has 25 heavy (non-hydrogen) atoms. The number of hydrogen-bond acceptors (Lipinski definition) is 3. The van der Waals surface area contributed by atoms with Crippen LogP contribution in [0.5, 0.6) is 0 Å². The lowest BCUT2D eigenvalue weighted by Crippen LogP contribution is -2.34. The van der Waals surface area contributed by atoms with E-state index in [4.69, 9.17) is 0 Å². The van der Waals surface area contributed by atoms with Gasteiger partial charge in [0.15, 0.2) is 0 Å². The van der Waals surface area contributed by atoms with Gasteiger partial charge in [-0.1, -0.05) is 24.3 Å². The van der Waals surface area contributed by atoms with Crippen molar-refractivity contribution in [1.82, 2.24) is 0 Å². The maximum absolute atomic E-state index is 12.4. The minimum absolute atomic E-state index is 0.214. The molecule has 1 rings (SSSR count). The molecule has 0 radical (unpaired) electrons. The summed E-state index contributed by atoms with van der Waals surface area (Å²) in [4.78, 5) is 23.9. The van der Waals surface area contributed by atoms with Gasteiger partial charge in [-0.05, 0) is 23.8 Å². The number of carbonyl (C=O) groups excluding carboxylic acids is 2. The van der Waals surface area contributed by atoms with Crippen molar-refractivity contribution in [2.45, 2.75) is 12.4 Å². The second-order valence-corrected chi connectivity index (χ2v) is 5.08. The number of rotatable bonds is 5. The van der Waals surface area contributed by atoms with Crippen molar-refractivity contribution in [3.05, 3.63) is 47.6 Å². The fourth-order valence-corrected chi connectivity index (χ4v) is 1.70. The lowest BCUT2D eigenvalue weighted by molar-refractivity contribution is -0.175. The number of halogens is 6. The van der Waals surface area contributed by atoms with E-state index in [1.54, 1.807) is 43.3 Å². The number of nitrogens with zero attached hydrogens (tertiary/aromatic N) is 1. The molecule has 0 saturated heterocycles. The van der Waals surface area contributed by atoms with Gasteiger partial charge in [-0.25, -0.2) is 0 Å². The monoisotopic (exact) mass is 365 g/mol. The van der Waals surface area contributed by atoms with Crippen LogP contribution in [0.4, 0.5) is 32.0 Å². The van der Waals surface area contributed by atoms with Gasteiger partial charge in [-0.15, -0.1) is 0 Å². The zero-order chi connectivity index (χ0) is 19.4. The van der Waals surface area contributed by atoms with Crippen LogP contribution in [0.15, 0.2) is 42.0 Å². The molecule has 0 amide bonds. The van der Waals surface area contributed by atoms with Gasteiger partial charge in [0, 0.05) is 19.8 Å². The molecule has 0 aliphatic rings. The molecule has 0 aromatic heterocycles. The number of ketones is 2. The third-order valence-corrected chi connectivity index (χ3v) is 2.97. The van der Waals surface area contributed by atoms with Crippen molar-refractivity contribution in [3.8, 4) is 0 Å². The number of anilines is 1. The molecule has 0 aliphatic heterocycles. The Morgan fingerprint density at radius 1 is 0.880 bits per heavy atom. The summed E-state index contributed by atoms with van der Waals surface area (Å²) in [7, 11) is 3.57. The standard InChI is InChI=1S/C16H13F6NO2/c1-23(2)11-8-6-10(7-9-11)4-3-5-12(13(24)15(17,18)19)14(25)16(20,21)22/h3-9H,1-2H3/b4-3+. The van der Waals surface area contributed by atoms with E-state index in [1.807, 2.05) is 0 Å². The van der Waals surface area contributed by atoms with Gasteiger partial charge in [0.25, 0.3) is 11.6 Å². The molecule has 0 fully saturated rings. The van der Waals surface area contributed by atoms with Crippen LogP contribution in [0.1, 0.15) is 5.56 Å². The number of allylic oxidation sites excluding steroid dienone is 3. The molecule has 136 valence electrons. The topological polar surface area (TPSA) is 37.4 Å². The third kappa shape index (κ3) is 5.77. The molecule has 0 spiro atoms. The first-order valence-corrected chi connectivity index (χ1v) is 6.73.